The molecular formula is C9H18N2S2. The molecule has 76 valence electrons. The summed E-state index contributed by atoms with van der Waals surface area (Å²) in [5.41, 5.74) is 3.04. The van der Waals surface area contributed by atoms with Crippen LogP contribution < -0.4 is 11.3 Å². The lowest BCUT2D eigenvalue weighted by atomic mass is 9.79. The van der Waals surface area contributed by atoms with E-state index in [0.717, 1.165) is 11.2 Å². The van der Waals surface area contributed by atoms with E-state index >= 15 is 0 Å². The van der Waals surface area contributed by atoms with Crippen LogP contribution in [0, 0.1) is 5.92 Å². The van der Waals surface area contributed by atoms with Crippen LogP contribution in [0.3, 0.4) is 0 Å². The second-order valence-electron chi connectivity index (χ2n) is 3.87. The Morgan fingerprint density at radius 3 is 2.62 bits per heavy atom. The first-order valence-corrected chi connectivity index (χ1v) is 7.27. The molecule has 0 aromatic carbocycles. The summed E-state index contributed by atoms with van der Waals surface area (Å²) in [6, 6.07) is 0.576. The molecule has 1 saturated heterocycles. The van der Waals surface area contributed by atoms with E-state index in [9.17, 15) is 0 Å². The predicted molar refractivity (Wildman–Crippen MR) is 62.0 cm³/mol. The number of hydrogen-bond acceptors (Lipinski definition) is 4. The smallest absolute Gasteiger partial charge is 0.0365 e. The molecule has 1 saturated carbocycles. The molecule has 1 heterocycles. The summed E-state index contributed by atoms with van der Waals surface area (Å²) < 4.78 is 0. The minimum absolute atomic E-state index is 0.576. The molecule has 0 radical (unpaired) electrons. The topological polar surface area (TPSA) is 38.0 Å². The van der Waals surface area contributed by atoms with Gasteiger partial charge in [0, 0.05) is 28.6 Å². The number of rotatable bonds is 3. The lowest BCUT2D eigenvalue weighted by molar-refractivity contribution is 0.230. The van der Waals surface area contributed by atoms with Crippen molar-refractivity contribution in [3.8, 4) is 0 Å². The molecule has 1 aliphatic heterocycles. The molecule has 0 amide bonds. The Bertz CT molecular complexity index is 156. The average Bonchev–Trinajstić information content (AvgIpc) is 2.12. The SMILES string of the molecule is NNC(C1CCC1)C1CSCCS1. The van der Waals surface area contributed by atoms with Crippen LogP contribution in [0.5, 0.6) is 0 Å². The first-order valence-electron chi connectivity index (χ1n) is 5.07. The highest BCUT2D eigenvalue weighted by Crippen LogP contribution is 2.36. The lowest BCUT2D eigenvalue weighted by Gasteiger charge is -2.39. The summed E-state index contributed by atoms with van der Waals surface area (Å²) in [5, 5.41) is 0.758. The normalized spacial score (nSPS) is 32.5. The molecule has 2 nitrogen and oxygen atoms in total. The van der Waals surface area contributed by atoms with Gasteiger partial charge in [0.25, 0.3) is 0 Å². The minimum atomic E-state index is 0.576. The highest BCUT2D eigenvalue weighted by Gasteiger charge is 2.33. The molecule has 1 aliphatic carbocycles. The van der Waals surface area contributed by atoms with Gasteiger partial charge in [-0.2, -0.15) is 23.5 Å². The zero-order valence-electron chi connectivity index (χ0n) is 7.87. The molecule has 0 aromatic heterocycles. The Balaban J connectivity index is 1.86. The Labute approximate surface area is 88.8 Å². The molecule has 13 heavy (non-hydrogen) atoms. The first kappa shape index (κ1) is 10.1. The fourth-order valence-corrected chi connectivity index (χ4v) is 5.01. The zero-order chi connectivity index (χ0) is 9.10. The standard InChI is InChI=1S/C9H18N2S2/c10-11-9(7-2-1-3-7)8-6-12-4-5-13-8/h7-9,11H,1-6,10H2. The van der Waals surface area contributed by atoms with Crippen molar-refractivity contribution in [1.29, 1.82) is 0 Å². The van der Waals surface area contributed by atoms with E-state index in [2.05, 4.69) is 28.9 Å². The van der Waals surface area contributed by atoms with Crippen LogP contribution in [0.1, 0.15) is 19.3 Å². The van der Waals surface area contributed by atoms with Gasteiger partial charge in [-0.1, -0.05) is 6.42 Å². The van der Waals surface area contributed by atoms with Crippen LogP contribution in [0.2, 0.25) is 0 Å². The number of hydrogen-bond donors (Lipinski definition) is 2. The average molecular weight is 218 g/mol. The highest BCUT2D eigenvalue weighted by atomic mass is 32.2. The maximum atomic E-state index is 5.64. The first-order chi connectivity index (χ1) is 6.42. The molecular weight excluding hydrogens is 200 g/mol. The summed E-state index contributed by atoms with van der Waals surface area (Å²) in [5.74, 6) is 10.4. The summed E-state index contributed by atoms with van der Waals surface area (Å²) in [6.07, 6.45) is 4.18. The van der Waals surface area contributed by atoms with Crippen LogP contribution in [0.4, 0.5) is 0 Å². The van der Waals surface area contributed by atoms with Gasteiger partial charge < -0.3 is 0 Å². The van der Waals surface area contributed by atoms with E-state index in [4.69, 9.17) is 5.84 Å². The molecule has 2 aliphatic rings. The van der Waals surface area contributed by atoms with Gasteiger partial charge in [-0.25, -0.2) is 0 Å². The molecule has 2 fully saturated rings. The molecule has 0 spiro atoms. The van der Waals surface area contributed by atoms with Crippen LogP contribution >= 0.6 is 23.5 Å². The van der Waals surface area contributed by atoms with Gasteiger partial charge in [-0.3, -0.25) is 11.3 Å². The van der Waals surface area contributed by atoms with Crippen molar-refractivity contribution in [3.05, 3.63) is 0 Å². The summed E-state index contributed by atoms with van der Waals surface area (Å²) in [6.45, 7) is 0. The number of thioether (sulfide) groups is 2. The highest BCUT2D eigenvalue weighted by molar-refractivity contribution is 8.06. The van der Waals surface area contributed by atoms with Crippen LogP contribution in [0.25, 0.3) is 0 Å². The van der Waals surface area contributed by atoms with E-state index in [-0.39, 0.29) is 0 Å². The van der Waals surface area contributed by atoms with Gasteiger partial charge in [-0.05, 0) is 18.8 Å². The third kappa shape index (κ3) is 2.35. The monoisotopic (exact) mass is 218 g/mol. The molecule has 0 aromatic rings. The van der Waals surface area contributed by atoms with Gasteiger partial charge in [0.05, 0.1) is 0 Å². The Morgan fingerprint density at radius 1 is 1.31 bits per heavy atom. The minimum Gasteiger partial charge on any atom is -0.271 e. The van der Waals surface area contributed by atoms with Crippen molar-refractivity contribution < 1.29 is 0 Å². The number of hydrazine groups is 1. The van der Waals surface area contributed by atoms with Crippen molar-refractivity contribution >= 4 is 23.5 Å². The molecule has 3 N–H and O–H groups in total. The van der Waals surface area contributed by atoms with Crippen molar-refractivity contribution in [2.75, 3.05) is 17.3 Å². The molecule has 2 rings (SSSR count). The van der Waals surface area contributed by atoms with E-state index in [1.807, 2.05) is 0 Å². The Morgan fingerprint density at radius 2 is 2.15 bits per heavy atom. The third-order valence-corrected chi connectivity index (χ3v) is 5.98. The fraction of sp³-hybridized carbons (Fsp3) is 1.00. The van der Waals surface area contributed by atoms with E-state index < -0.39 is 0 Å². The molecule has 0 bridgehead atoms. The quantitative estimate of drug-likeness (QED) is 0.556. The summed E-state index contributed by atoms with van der Waals surface area (Å²) in [7, 11) is 0. The second kappa shape index (κ2) is 4.91. The fourth-order valence-electron chi connectivity index (χ4n) is 2.06. The van der Waals surface area contributed by atoms with Gasteiger partial charge in [0.15, 0.2) is 0 Å². The molecule has 2 unspecified atom stereocenters. The zero-order valence-corrected chi connectivity index (χ0v) is 9.50. The van der Waals surface area contributed by atoms with Crippen LogP contribution in [-0.2, 0) is 0 Å². The van der Waals surface area contributed by atoms with Crippen molar-refractivity contribution in [1.82, 2.24) is 5.43 Å². The van der Waals surface area contributed by atoms with Crippen LogP contribution in [-0.4, -0.2) is 28.6 Å². The molecule has 4 heteroatoms. The van der Waals surface area contributed by atoms with Gasteiger partial charge in [-0.15, -0.1) is 0 Å². The lowest BCUT2D eigenvalue weighted by Crippen LogP contribution is -2.51. The van der Waals surface area contributed by atoms with Gasteiger partial charge in [0.1, 0.15) is 0 Å². The summed E-state index contributed by atoms with van der Waals surface area (Å²) in [4.78, 5) is 0. The Kier molecular flexibility index (Phi) is 3.84. The van der Waals surface area contributed by atoms with Crippen molar-refractivity contribution in [2.24, 2.45) is 11.8 Å². The maximum Gasteiger partial charge on any atom is 0.0365 e. The number of nitrogens with one attached hydrogen (secondary N) is 1. The maximum absolute atomic E-state index is 5.64. The van der Waals surface area contributed by atoms with E-state index in [0.29, 0.717) is 6.04 Å². The molecule has 2 atom stereocenters. The number of nitrogens with two attached hydrogens (primary N) is 1. The predicted octanol–water partition coefficient (Wildman–Crippen LogP) is 1.47. The third-order valence-electron chi connectivity index (χ3n) is 3.09. The van der Waals surface area contributed by atoms with Crippen LogP contribution in [0.15, 0.2) is 0 Å². The second-order valence-corrected chi connectivity index (χ2v) is 6.36. The largest absolute Gasteiger partial charge is 0.271 e. The Hall–Kier alpha value is 0.620. The van der Waals surface area contributed by atoms with E-state index in [1.165, 1.54) is 36.5 Å². The van der Waals surface area contributed by atoms with Crippen molar-refractivity contribution in [2.45, 2.75) is 30.6 Å². The van der Waals surface area contributed by atoms with Crippen molar-refractivity contribution in [3.63, 3.8) is 0 Å². The van der Waals surface area contributed by atoms with Gasteiger partial charge >= 0.3 is 0 Å². The van der Waals surface area contributed by atoms with E-state index in [1.54, 1.807) is 0 Å². The van der Waals surface area contributed by atoms with Gasteiger partial charge in [0.2, 0.25) is 0 Å². The summed E-state index contributed by atoms with van der Waals surface area (Å²) >= 11 is 4.19.